The molecular formula is C25H25FN6O2. The maximum atomic E-state index is 13.6. The molecule has 0 radical (unpaired) electrons. The monoisotopic (exact) mass is 460 g/mol. The summed E-state index contributed by atoms with van der Waals surface area (Å²) in [5, 5.41) is 23.8. The summed E-state index contributed by atoms with van der Waals surface area (Å²) in [4.78, 5) is 14.2. The smallest absolute Gasteiger partial charge is 0.223 e. The van der Waals surface area contributed by atoms with E-state index in [9.17, 15) is 14.6 Å². The molecule has 1 aliphatic carbocycles. The molecule has 0 unspecified atom stereocenters. The van der Waals surface area contributed by atoms with Crippen molar-refractivity contribution in [3.05, 3.63) is 60.3 Å². The van der Waals surface area contributed by atoms with E-state index in [2.05, 4.69) is 14.9 Å². The van der Waals surface area contributed by atoms with E-state index < -0.39 is 0 Å². The molecule has 2 aliphatic rings. The number of fused-ring (bicyclic) bond motifs is 1. The van der Waals surface area contributed by atoms with E-state index >= 15 is 0 Å². The fourth-order valence-electron chi connectivity index (χ4n) is 4.84. The van der Waals surface area contributed by atoms with Gasteiger partial charge in [0.2, 0.25) is 5.95 Å². The van der Waals surface area contributed by atoms with Gasteiger partial charge in [-0.15, -0.1) is 0 Å². The van der Waals surface area contributed by atoms with E-state index in [-0.39, 0.29) is 23.6 Å². The van der Waals surface area contributed by atoms with Gasteiger partial charge in [0.1, 0.15) is 11.6 Å². The molecule has 1 atom stereocenters. The largest absolute Gasteiger partial charge is 0.494 e. The predicted molar refractivity (Wildman–Crippen MR) is 125 cm³/mol. The first-order valence-corrected chi connectivity index (χ1v) is 11.6. The Morgan fingerprint density at radius 2 is 1.74 bits per heavy atom. The summed E-state index contributed by atoms with van der Waals surface area (Å²) < 4.78 is 17.3. The molecule has 0 amide bonds. The van der Waals surface area contributed by atoms with E-state index in [1.54, 1.807) is 18.3 Å². The lowest BCUT2D eigenvalue weighted by molar-refractivity contribution is 0.335. The van der Waals surface area contributed by atoms with Crippen LogP contribution in [0.3, 0.4) is 0 Å². The number of rotatable bonds is 6. The summed E-state index contributed by atoms with van der Waals surface area (Å²) in [5.74, 6) is 1.21. The van der Waals surface area contributed by atoms with Crippen LogP contribution in [0.5, 0.6) is 11.8 Å². The molecule has 1 fully saturated rings. The minimum absolute atomic E-state index is 0.0143. The second-order valence-electron chi connectivity index (χ2n) is 8.99. The first-order chi connectivity index (χ1) is 16.6. The average molecular weight is 461 g/mol. The van der Waals surface area contributed by atoms with Crippen LogP contribution in [0.1, 0.15) is 37.5 Å². The zero-order valence-electron chi connectivity index (χ0n) is 18.5. The third kappa shape index (κ3) is 3.57. The van der Waals surface area contributed by atoms with Gasteiger partial charge in [0.25, 0.3) is 0 Å². The molecule has 8 nitrogen and oxygen atoms in total. The van der Waals surface area contributed by atoms with Gasteiger partial charge in [0.05, 0.1) is 23.1 Å². The molecule has 0 bridgehead atoms. The van der Waals surface area contributed by atoms with Crippen molar-refractivity contribution < 1.29 is 14.6 Å². The lowest BCUT2D eigenvalue weighted by Crippen LogP contribution is -2.28. The number of anilines is 1. The summed E-state index contributed by atoms with van der Waals surface area (Å²) in [6.07, 6.45) is 6.74. The molecule has 4 aromatic rings. The second kappa shape index (κ2) is 8.16. The average Bonchev–Trinajstić information content (AvgIpc) is 3.47. The van der Waals surface area contributed by atoms with Crippen LogP contribution < -0.4 is 5.32 Å². The van der Waals surface area contributed by atoms with Crippen LogP contribution in [-0.4, -0.2) is 40.3 Å². The Morgan fingerprint density at radius 3 is 2.44 bits per heavy atom. The van der Waals surface area contributed by atoms with Crippen molar-refractivity contribution in [2.75, 3.05) is 5.32 Å². The molecule has 174 valence electrons. The van der Waals surface area contributed by atoms with Gasteiger partial charge in [0, 0.05) is 42.9 Å². The SMILES string of the molecule is Oc1ccc(O)n1C[C@@H]1CCc2nc(-c3ccc(F)cc3)c(-c3ccnc(NC4CCC4)n3)n21. The molecule has 4 heterocycles. The zero-order chi connectivity index (χ0) is 23.2. The van der Waals surface area contributed by atoms with Gasteiger partial charge in [-0.2, -0.15) is 0 Å². The highest BCUT2D eigenvalue weighted by molar-refractivity contribution is 5.78. The highest BCUT2D eigenvalue weighted by Gasteiger charge is 2.32. The van der Waals surface area contributed by atoms with Gasteiger partial charge in [0.15, 0.2) is 11.8 Å². The third-order valence-corrected chi connectivity index (χ3v) is 6.83. The normalized spacial score (nSPS) is 17.5. The Balaban J connectivity index is 1.46. The first kappa shape index (κ1) is 20.7. The minimum atomic E-state index is -0.303. The highest BCUT2D eigenvalue weighted by Crippen LogP contribution is 2.41. The standard InChI is InChI=1S/C25H25FN6O2/c26-16-6-4-15(5-7-16)23-24(19-12-13-27-25(29-19)28-17-2-1-3-17)32-18(8-9-20(32)30-23)14-31-21(33)10-11-22(31)34/h4-7,10-13,17-18,33-34H,1-3,8-9,14H2,(H,27,28,29)/t18-/m0/s1. The van der Waals surface area contributed by atoms with Gasteiger partial charge >= 0.3 is 0 Å². The molecular weight excluding hydrogens is 435 g/mol. The lowest BCUT2D eigenvalue weighted by atomic mass is 9.93. The van der Waals surface area contributed by atoms with E-state index in [1.807, 2.05) is 6.07 Å². The van der Waals surface area contributed by atoms with E-state index in [1.165, 1.54) is 35.3 Å². The minimum Gasteiger partial charge on any atom is -0.494 e. The molecule has 1 aliphatic heterocycles. The van der Waals surface area contributed by atoms with E-state index in [0.717, 1.165) is 54.2 Å². The Bertz CT molecular complexity index is 1320. The van der Waals surface area contributed by atoms with Gasteiger partial charge in [-0.3, -0.25) is 4.57 Å². The molecule has 3 aromatic heterocycles. The predicted octanol–water partition coefficient (Wildman–Crippen LogP) is 4.51. The van der Waals surface area contributed by atoms with Gasteiger partial charge in [-0.1, -0.05) is 0 Å². The van der Waals surface area contributed by atoms with Crippen molar-refractivity contribution in [2.24, 2.45) is 0 Å². The molecule has 34 heavy (non-hydrogen) atoms. The topological polar surface area (TPSA) is 101 Å². The summed E-state index contributed by atoms with van der Waals surface area (Å²) in [6.45, 7) is 0.391. The molecule has 0 saturated heterocycles. The van der Waals surface area contributed by atoms with Gasteiger partial charge in [-0.05, 0) is 56.0 Å². The Kier molecular flexibility index (Phi) is 4.97. The Hall–Kier alpha value is -3.88. The van der Waals surface area contributed by atoms with Crippen molar-refractivity contribution in [1.29, 1.82) is 0 Å². The fraction of sp³-hybridized carbons (Fsp3) is 0.320. The number of aromatic hydroxyl groups is 2. The van der Waals surface area contributed by atoms with Gasteiger partial charge < -0.3 is 20.1 Å². The Morgan fingerprint density at radius 1 is 0.971 bits per heavy atom. The maximum absolute atomic E-state index is 13.6. The quantitative estimate of drug-likeness (QED) is 0.391. The van der Waals surface area contributed by atoms with Crippen LogP contribution in [0, 0.1) is 5.82 Å². The number of benzene rings is 1. The summed E-state index contributed by atoms with van der Waals surface area (Å²) >= 11 is 0. The number of aromatic nitrogens is 5. The molecule has 1 saturated carbocycles. The van der Waals surface area contributed by atoms with Crippen molar-refractivity contribution in [1.82, 2.24) is 24.1 Å². The van der Waals surface area contributed by atoms with Crippen LogP contribution in [0.15, 0.2) is 48.7 Å². The van der Waals surface area contributed by atoms with Crippen LogP contribution in [0.25, 0.3) is 22.6 Å². The van der Waals surface area contributed by atoms with Crippen LogP contribution in [0.4, 0.5) is 10.3 Å². The number of hydrogen-bond acceptors (Lipinski definition) is 6. The molecule has 6 rings (SSSR count). The fourth-order valence-corrected chi connectivity index (χ4v) is 4.84. The number of aryl methyl sites for hydroxylation is 1. The number of nitrogens with zero attached hydrogens (tertiary/aromatic N) is 5. The lowest BCUT2D eigenvalue weighted by Gasteiger charge is -2.26. The van der Waals surface area contributed by atoms with E-state index in [0.29, 0.717) is 18.5 Å². The van der Waals surface area contributed by atoms with Crippen LogP contribution in [0.2, 0.25) is 0 Å². The van der Waals surface area contributed by atoms with Crippen molar-refractivity contribution in [3.63, 3.8) is 0 Å². The summed E-state index contributed by atoms with van der Waals surface area (Å²) in [6, 6.07) is 11.5. The van der Waals surface area contributed by atoms with Crippen molar-refractivity contribution in [3.8, 4) is 34.4 Å². The zero-order valence-corrected chi connectivity index (χ0v) is 18.5. The van der Waals surface area contributed by atoms with Crippen molar-refractivity contribution >= 4 is 5.95 Å². The maximum Gasteiger partial charge on any atom is 0.223 e. The molecule has 1 aromatic carbocycles. The van der Waals surface area contributed by atoms with Gasteiger partial charge in [-0.25, -0.2) is 19.3 Å². The third-order valence-electron chi connectivity index (χ3n) is 6.83. The van der Waals surface area contributed by atoms with Crippen LogP contribution >= 0.6 is 0 Å². The number of nitrogens with one attached hydrogen (secondary N) is 1. The molecule has 3 N–H and O–H groups in total. The molecule has 9 heteroatoms. The summed E-state index contributed by atoms with van der Waals surface area (Å²) in [5.41, 5.74) is 3.09. The number of halogens is 1. The Labute approximate surface area is 195 Å². The van der Waals surface area contributed by atoms with Crippen LogP contribution in [-0.2, 0) is 13.0 Å². The molecule has 0 spiro atoms. The number of imidazole rings is 1. The van der Waals surface area contributed by atoms with Crippen molar-refractivity contribution in [2.45, 2.75) is 50.7 Å². The second-order valence-corrected chi connectivity index (χ2v) is 8.99. The van der Waals surface area contributed by atoms with E-state index in [4.69, 9.17) is 9.97 Å². The highest BCUT2D eigenvalue weighted by atomic mass is 19.1. The first-order valence-electron chi connectivity index (χ1n) is 11.6. The number of hydrogen-bond donors (Lipinski definition) is 3. The summed E-state index contributed by atoms with van der Waals surface area (Å²) in [7, 11) is 0.